The predicted octanol–water partition coefficient (Wildman–Crippen LogP) is 3.15. The van der Waals surface area contributed by atoms with Crippen molar-refractivity contribution in [1.29, 1.82) is 0 Å². The van der Waals surface area contributed by atoms with Crippen LogP contribution in [0.2, 0.25) is 0 Å². The molecule has 3 heteroatoms. The van der Waals surface area contributed by atoms with Gasteiger partial charge in [-0.25, -0.2) is 0 Å². The molecule has 2 rings (SSSR count). The molecule has 16 heavy (non-hydrogen) atoms. The molecule has 0 spiro atoms. The first-order chi connectivity index (χ1) is 7.72. The summed E-state index contributed by atoms with van der Waals surface area (Å²) in [6, 6.07) is 11.5. The summed E-state index contributed by atoms with van der Waals surface area (Å²) < 4.78 is 5.21. The number of hydrogen-bond acceptors (Lipinski definition) is 3. The van der Waals surface area contributed by atoms with Crippen LogP contribution in [0.5, 0.6) is 5.75 Å². The Bertz CT molecular complexity index is 462. The van der Waals surface area contributed by atoms with Gasteiger partial charge >= 0.3 is 0 Å². The van der Waals surface area contributed by atoms with Crippen molar-refractivity contribution < 1.29 is 9.84 Å². The predicted molar refractivity (Wildman–Crippen MR) is 66.1 cm³/mol. The first-order valence-electron chi connectivity index (χ1n) is 5.09. The summed E-state index contributed by atoms with van der Waals surface area (Å²) in [4.78, 5) is 2.01. The fourth-order valence-electron chi connectivity index (χ4n) is 1.62. The lowest BCUT2D eigenvalue weighted by Gasteiger charge is -2.07. The van der Waals surface area contributed by atoms with Gasteiger partial charge in [-0.2, -0.15) is 0 Å². The van der Waals surface area contributed by atoms with Gasteiger partial charge < -0.3 is 9.84 Å². The molecule has 1 aromatic carbocycles. The quantitative estimate of drug-likeness (QED) is 0.884. The standard InChI is InChI=1S/C13H14O2S/c1-9-11(15-2)8-12(16-9)13(14)10-6-4-3-5-7-10/h3-8,13-14H,1-2H3. The molecule has 0 radical (unpaired) electrons. The van der Waals surface area contributed by atoms with Crippen molar-refractivity contribution in [3.63, 3.8) is 0 Å². The van der Waals surface area contributed by atoms with E-state index in [4.69, 9.17) is 4.74 Å². The molecule has 84 valence electrons. The number of aryl methyl sites for hydroxylation is 1. The molecule has 0 amide bonds. The third kappa shape index (κ3) is 2.10. The van der Waals surface area contributed by atoms with Gasteiger partial charge in [-0.15, -0.1) is 11.3 Å². The Morgan fingerprint density at radius 2 is 1.94 bits per heavy atom. The van der Waals surface area contributed by atoms with Gasteiger partial charge in [-0.3, -0.25) is 0 Å². The Morgan fingerprint density at radius 3 is 2.50 bits per heavy atom. The Kier molecular flexibility index (Phi) is 3.27. The molecule has 0 bridgehead atoms. The smallest absolute Gasteiger partial charge is 0.132 e. The Morgan fingerprint density at radius 1 is 1.25 bits per heavy atom. The van der Waals surface area contributed by atoms with Gasteiger partial charge in [0.25, 0.3) is 0 Å². The van der Waals surface area contributed by atoms with E-state index in [1.54, 1.807) is 18.4 Å². The average Bonchev–Trinajstić information content (AvgIpc) is 2.71. The molecule has 0 fully saturated rings. The van der Waals surface area contributed by atoms with E-state index in [0.717, 1.165) is 21.1 Å². The van der Waals surface area contributed by atoms with Crippen molar-refractivity contribution >= 4 is 11.3 Å². The van der Waals surface area contributed by atoms with E-state index in [-0.39, 0.29) is 0 Å². The molecule has 1 aromatic heterocycles. The van der Waals surface area contributed by atoms with Crippen LogP contribution in [0, 0.1) is 6.92 Å². The normalized spacial score (nSPS) is 12.4. The van der Waals surface area contributed by atoms with Crippen molar-refractivity contribution in [2.45, 2.75) is 13.0 Å². The minimum atomic E-state index is -0.561. The lowest BCUT2D eigenvalue weighted by atomic mass is 10.1. The lowest BCUT2D eigenvalue weighted by Crippen LogP contribution is -1.95. The third-order valence-electron chi connectivity index (χ3n) is 2.50. The van der Waals surface area contributed by atoms with Crippen LogP contribution in [0.3, 0.4) is 0 Å². The zero-order chi connectivity index (χ0) is 11.5. The van der Waals surface area contributed by atoms with Gasteiger partial charge in [0.2, 0.25) is 0 Å². The van der Waals surface area contributed by atoms with Crippen LogP contribution < -0.4 is 4.74 Å². The van der Waals surface area contributed by atoms with E-state index in [1.807, 2.05) is 43.3 Å². The number of aliphatic hydroxyl groups excluding tert-OH is 1. The molecule has 0 aliphatic carbocycles. The molecule has 1 N–H and O–H groups in total. The Hall–Kier alpha value is -1.32. The summed E-state index contributed by atoms with van der Waals surface area (Å²) in [7, 11) is 1.65. The molecule has 1 atom stereocenters. The highest BCUT2D eigenvalue weighted by molar-refractivity contribution is 7.12. The van der Waals surface area contributed by atoms with Crippen molar-refractivity contribution in [2.75, 3.05) is 7.11 Å². The first kappa shape index (κ1) is 11.2. The summed E-state index contributed by atoms with van der Waals surface area (Å²) in [5.41, 5.74) is 0.909. The molecule has 1 heterocycles. The summed E-state index contributed by atoms with van der Waals surface area (Å²) >= 11 is 1.57. The highest BCUT2D eigenvalue weighted by Crippen LogP contribution is 2.34. The van der Waals surface area contributed by atoms with Crippen LogP contribution >= 0.6 is 11.3 Å². The maximum absolute atomic E-state index is 10.2. The monoisotopic (exact) mass is 234 g/mol. The topological polar surface area (TPSA) is 29.5 Å². The molecule has 0 aliphatic rings. The number of benzene rings is 1. The highest BCUT2D eigenvalue weighted by Gasteiger charge is 2.15. The molecule has 0 aliphatic heterocycles. The molecule has 1 unspecified atom stereocenters. The Balaban J connectivity index is 2.31. The van der Waals surface area contributed by atoms with Gasteiger partial charge in [0.15, 0.2) is 0 Å². The van der Waals surface area contributed by atoms with Gasteiger partial charge in [-0.05, 0) is 18.6 Å². The van der Waals surface area contributed by atoms with Crippen LogP contribution in [0.15, 0.2) is 36.4 Å². The van der Waals surface area contributed by atoms with Crippen molar-refractivity contribution in [1.82, 2.24) is 0 Å². The summed E-state index contributed by atoms with van der Waals surface area (Å²) in [6.07, 6.45) is -0.561. The second-order valence-electron chi connectivity index (χ2n) is 3.59. The summed E-state index contributed by atoms with van der Waals surface area (Å²) in [5, 5.41) is 10.2. The number of thiophene rings is 1. The zero-order valence-electron chi connectivity index (χ0n) is 9.31. The van der Waals surface area contributed by atoms with E-state index >= 15 is 0 Å². The van der Waals surface area contributed by atoms with Gasteiger partial charge in [-0.1, -0.05) is 30.3 Å². The third-order valence-corrected chi connectivity index (χ3v) is 3.58. The van der Waals surface area contributed by atoms with Crippen LogP contribution in [0.1, 0.15) is 21.4 Å². The molecule has 2 nitrogen and oxygen atoms in total. The maximum Gasteiger partial charge on any atom is 0.132 e. The fourth-order valence-corrected chi connectivity index (χ4v) is 2.63. The van der Waals surface area contributed by atoms with E-state index in [1.165, 1.54) is 0 Å². The number of methoxy groups -OCH3 is 1. The Labute approximate surface area is 99.1 Å². The zero-order valence-corrected chi connectivity index (χ0v) is 10.1. The molecule has 2 aromatic rings. The van der Waals surface area contributed by atoms with E-state index in [2.05, 4.69) is 0 Å². The highest BCUT2D eigenvalue weighted by atomic mass is 32.1. The number of ether oxygens (including phenoxy) is 1. The summed E-state index contributed by atoms with van der Waals surface area (Å²) in [5.74, 6) is 0.843. The van der Waals surface area contributed by atoms with Gasteiger partial charge in [0, 0.05) is 9.75 Å². The minimum Gasteiger partial charge on any atom is -0.496 e. The van der Waals surface area contributed by atoms with Gasteiger partial charge in [0.1, 0.15) is 11.9 Å². The van der Waals surface area contributed by atoms with Gasteiger partial charge in [0.05, 0.1) is 7.11 Å². The van der Waals surface area contributed by atoms with Crippen LogP contribution in [0.25, 0.3) is 0 Å². The first-order valence-corrected chi connectivity index (χ1v) is 5.91. The van der Waals surface area contributed by atoms with Crippen LogP contribution in [0.4, 0.5) is 0 Å². The van der Waals surface area contributed by atoms with Crippen molar-refractivity contribution in [3.8, 4) is 5.75 Å². The van der Waals surface area contributed by atoms with E-state index in [0.29, 0.717) is 0 Å². The molecule has 0 saturated carbocycles. The molecular formula is C13H14O2S. The SMILES string of the molecule is COc1cc(C(O)c2ccccc2)sc1C. The number of aliphatic hydroxyl groups is 1. The summed E-state index contributed by atoms with van der Waals surface area (Å²) in [6.45, 7) is 1.99. The van der Waals surface area contributed by atoms with Crippen molar-refractivity contribution in [3.05, 3.63) is 51.7 Å². The maximum atomic E-state index is 10.2. The fraction of sp³-hybridized carbons (Fsp3) is 0.231. The van der Waals surface area contributed by atoms with Crippen LogP contribution in [-0.4, -0.2) is 12.2 Å². The van der Waals surface area contributed by atoms with Crippen LogP contribution in [-0.2, 0) is 0 Å². The molecule has 0 saturated heterocycles. The van der Waals surface area contributed by atoms with Crippen molar-refractivity contribution in [2.24, 2.45) is 0 Å². The average molecular weight is 234 g/mol. The lowest BCUT2D eigenvalue weighted by molar-refractivity contribution is 0.224. The van der Waals surface area contributed by atoms with E-state index in [9.17, 15) is 5.11 Å². The second-order valence-corrected chi connectivity index (χ2v) is 4.87. The number of rotatable bonds is 3. The second kappa shape index (κ2) is 4.68. The largest absolute Gasteiger partial charge is 0.496 e. The minimum absolute atomic E-state index is 0.561. The van der Waals surface area contributed by atoms with E-state index < -0.39 is 6.10 Å². The molecular weight excluding hydrogens is 220 g/mol. The number of hydrogen-bond donors (Lipinski definition) is 1.